The molecule has 1 N–H and O–H groups in total. The Balaban J connectivity index is 1.77. The minimum absolute atomic E-state index is 0.274. The minimum Gasteiger partial charge on any atom is -0.462 e. The molecule has 0 unspecified atom stereocenters. The molecule has 0 saturated heterocycles. The molecule has 0 radical (unpaired) electrons. The van der Waals surface area contributed by atoms with Crippen LogP contribution in [-0.2, 0) is 4.74 Å². The Labute approximate surface area is 163 Å². The molecule has 0 saturated carbocycles. The van der Waals surface area contributed by atoms with Crippen LogP contribution in [0.2, 0.25) is 0 Å². The Kier molecular flexibility index (Phi) is 5.78. The number of nitrogens with one attached hydrogen (secondary N) is 1. The SMILES string of the molecule is CCOC(=O)c1cnc(C)nc1Nc1ccc(Oc2nc(C)cc(C)n2)cc1. The van der Waals surface area contributed by atoms with Crippen molar-refractivity contribution in [1.82, 2.24) is 19.9 Å². The van der Waals surface area contributed by atoms with Gasteiger partial charge in [0.05, 0.1) is 6.61 Å². The summed E-state index contributed by atoms with van der Waals surface area (Å²) in [5, 5.41) is 3.12. The van der Waals surface area contributed by atoms with E-state index >= 15 is 0 Å². The minimum atomic E-state index is -0.475. The van der Waals surface area contributed by atoms with Crippen molar-refractivity contribution in [3.8, 4) is 11.8 Å². The van der Waals surface area contributed by atoms with Crippen LogP contribution in [-0.4, -0.2) is 32.5 Å². The number of ether oxygens (including phenoxy) is 2. The van der Waals surface area contributed by atoms with Crippen LogP contribution >= 0.6 is 0 Å². The van der Waals surface area contributed by atoms with Crippen LogP contribution in [0.4, 0.5) is 11.5 Å². The number of nitrogens with zero attached hydrogens (tertiary/aromatic N) is 4. The van der Waals surface area contributed by atoms with E-state index in [9.17, 15) is 4.79 Å². The number of carbonyl (C=O) groups is 1. The van der Waals surface area contributed by atoms with E-state index in [4.69, 9.17) is 9.47 Å². The van der Waals surface area contributed by atoms with Crippen LogP contribution < -0.4 is 10.1 Å². The van der Waals surface area contributed by atoms with Gasteiger partial charge in [-0.15, -0.1) is 0 Å². The average molecular weight is 379 g/mol. The Morgan fingerprint density at radius 3 is 2.36 bits per heavy atom. The molecule has 0 atom stereocenters. The average Bonchev–Trinajstić information content (AvgIpc) is 2.63. The van der Waals surface area contributed by atoms with Crippen LogP contribution in [0, 0.1) is 20.8 Å². The summed E-state index contributed by atoms with van der Waals surface area (Å²) in [7, 11) is 0. The lowest BCUT2D eigenvalue weighted by Crippen LogP contribution is -2.11. The zero-order valence-electron chi connectivity index (χ0n) is 16.2. The fourth-order valence-corrected chi connectivity index (χ4v) is 2.51. The van der Waals surface area contributed by atoms with Crippen LogP contribution in [0.3, 0.4) is 0 Å². The molecule has 0 fully saturated rings. The van der Waals surface area contributed by atoms with Crippen molar-refractivity contribution < 1.29 is 14.3 Å². The van der Waals surface area contributed by atoms with Crippen LogP contribution in [0.5, 0.6) is 11.8 Å². The van der Waals surface area contributed by atoms with Gasteiger partial charge in [-0.25, -0.2) is 24.7 Å². The number of carbonyl (C=O) groups excluding carboxylic acids is 1. The number of aromatic nitrogens is 4. The molecule has 3 aromatic rings. The number of aryl methyl sites for hydroxylation is 3. The van der Waals surface area contributed by atoms with Crippen molar-refractivity contribution >= 4 is 17.5 Å². The maximum absolute atomic E-state index is 12.1. The molecule has 0 aliphatic heterocycles. The van der Waals surface area contributed by atoms with E-state index in [1.807, 2.05) is 32.0 Å². The maximum Gasteiger partial charge on any atom is 0.343 e. The highest BCUT2D eigenvalue weighted by molar-refractivity contribution is 5.95. The summed E-state index contributed by atoms with van der Waals surface area (Å²) in [4.78, 5) is 29.0. The van der Waals surface area contributed by atoms with Crippen molar-refractivity contribution in [3.63, 3.8) is 0 Å². The first-order chi connectivity index (χ1) is 13.4. The lowest BCUT2D eigenvalue weighted by atomic mass is 10.2. The number of benzene rings is 1. The molecule has 0 bridgehead atoms. The van der Waals surface area contributed by atoms with Gasteiger partial charge < -0.3 is 14.8 Å². The third kappa shape index (κ3) is 4.79. The van der Waals surface area contributed by atoms with E-state index in [1.165, 1.54) is 6.20 Å². The van der Waals surface area contributed by atoms with E-state index in [0.29, 0.717) is 23.4 Å². The fourth-order valence-electron chi connectivity index (χ4n) is 2.51. The Bertz CT molecular complexity index is 969. The maximum atomic E-state index is 12.1. The Hall–Kier alpha value is -3.55. The Morgan fingerprint density at radius 2 is 1.71 bits per heavy atom. The summed E-state index contributed by atoms with van der Waals surface area (Å²) in [6.07, 6.45) is 1.46. The third-order valence-electron chi connectivity index (χ3n) is 3.69. The van der Waals surface area contributed by atoms with Gasteiger partial charge >= 0.3 is 12.0 Å². The molecular weight excluding hydrogens is 358 g/mol. The molecule has 144 valence electrons. The molecule has 8 heteroatoms. The molecular formula is C20H21N5O3. The van der Waals surface area contributed by atoms with Crippen molar-refractivity contribution in [3.05, 3.63) is 59.3 Å². The summed E-state index contributed by atoms with van der Waals surface area (Å²) >= 11 is 0. The second-order valence-electron chi connectivity index (χ2n) is 6.08. The molecule has 8 nitrogen and oxygen atoms in total. The van der Waals surface area contributed by atoms with E-state index in [2.05, 4.69) is 25.3 Å². The van der Waals surface area contributed by atoms with E-state index < -0.39 is 5.97 Å². The monoisotopic (exact) mass is 379 g/mol. The highest BCUT2D eigenvalue weighted by Crippen LogP contribution is 2.24. The molecule has 3 rings (SSSR count). The number of hydrogen-bond acceptors (Lipinski definition) is 8. The molecule has 0 spiro atoms. The predicted molar refractivity (Wildman–Crippen MR) is 104 cm³/mol. The molecule has 28 heavy (non-hydrogen) atoms. The third-order valence-corrected chi connectivity index (χ3v) is 3.69. The van der Waals surface area contributed by atoms with Crippen molar-refractivity contribution in [2.45, 2.75) is 27.7 Å². The van der Waals surface area contributed by atoms with Crippen molar-refractivity contribution in [2.24, 2.45) is 0 Å². The largest absolute Gasteiger partial charge is 0.462 e. The normalized spacial score (nSPS) is 10.4. The van der Waals surface area contributed by atoms with Gasteiger partial charge in [-0.3, -0.25) is 0 Å². The van der Waals surface area contributed by atoms with E-state index in [-0.39, 0.29) is 12.2 Å². The van der Waals surface area contributed by atoms with Gasteiger partial charge in [0, 0.05) is 23.3 Å². The zero-order chi connectivity index (χ0) is 20.1. The van der Waals surface area contributed by atoms with Gasteiger partial charge in [-0.05, 0) is 58.0 Å². The first-order valence-corrected chi connectivity index (χ1v) is 8.82. The van der Waals surface area contributed by atoms with Crippen LogP contribution in [0.1, 0.15) is 34.5 Å². The van der Waals surface area contributed by atoms with Gasteiger partial charge in [0.25, 0.3) is 0 Å². The predicted octanol–water partition coefficient (Wildman–Crippen LogP) is 3.90. The summed E-state index contributed by atoms with van der Waals surface area (Å²) in [5.41, 5.74) is 2.69. The summed E-state index contributed by atoms with van der Waals surface area (Å²) in [5.74, 6) is 1.05. The first-order valence-electron chi connectivity index (χ1n) is 8.82. The number of hydrogen-bond donors (Lipinski definition) is 1. The number of rotatable bonds is 6. The van der Waals surface area contributed by atoms with Gasteiger partial charge in [0.1, 0.15) is 23.0 Å². The highest BCUT2D eigenvalue weighted by atomic mass is 16.5. The van der Waals surface area contributed by atoms with Gasteiger partial charge in [0.2, 0.25) is 0 Å². The summed E-state index contributed by atoms with van der Waals surface area (Å²) in [6.45, 7) is 7.55. The second-order valence-corrected chi connectivity index (χ2v) is 6.08. The van der Waals surface area contributed by atoms with E-state index in [0.717, 1.165) is 17.1 Å². The quantitative estimate of drug-likeness (QED) is 0.644. The topological polar surface area (TPSA) is 99.1 Å². The zero-order valence-corrected chi connectivity index (χ0v) is 16.2. The Morgan fingerprint density at radius 1 is 1.04 bits per heavy atom. The number of esters is 1. The van der Waals surface area contributed by atoms with Crippen molar-refractivity contribution in [1.29, 1.82) is 0 Å². The molecule has 2 aromatic heterocycles. The van der Waals surface area contributed by atoms with Gasteiger partial charge in [0.15, 0.2) is 0 Å². The fraction of sp³-hybridized carbons (Fsp3) is 0.250. The highest BCUT2D eigenvalue weighted by Gasteiger charge is 2.15. The smallest absolute Gasteiger partial charge is 0.343 e. The molecule has 0 amide bonds. The molecule has 0 aliphatic rings. The molecule has 2 heterocycles. The van der Waals surface area contributed by atoms with Gasteiger partial charge in [-0.1, -0.05) is 0 Å². The molecule has 1 aromatic carbocycles. The van der Waals surface area contributed by atoms with Crippen molar-refractivity contribution in [2.75, 3.05) is 11.9 Å². The van der Waals surface area contributed by atoms with Crippen LogP contribution in [0.25, 0.3) is 0 Å². The standard InChI is InChI=1S/C20H21N5O3/c1-5-27-19(26)17-11-21-14(4)24-18(17)25-15-6-8-16(9-7-15)28-20-22-12(2)10-13(3)23-20/h6-11H,5H2,1-4H3,(H,21,24,25). The summed E-state index contributed by atoms with van der Waals surface area (Å²) in [6, 6.07) is 9.36. The second kappa shape index (κ2) is 8.43. The lowest BCUT2D eigenvalue weighted by molar-refractivity contribution is 0.0526. The summed E-state index contributed by atoms with van der Waals surface area (Å²) < 4.78 is 10.8. The van der Waals surface area contributed by atoms with E-state index in [1.54, 1.807) is 26.0 Å². The lowest BCUT2D eigenvalue weighted by Gasteiger charge is -2.11. The van der Waals surface area contributed by atoms with Gasteiger partial charge in [-0.2, -0.15) is 0 Å². The molecule has 0 aliphatic carbocycles. The number of anilines is 2. The first kappa shape index (κ1) is 19.2. The van der Waals surface area contributed by atoms with Crippen LogP contribution in [0.15, 0.2) is 36.5 Å².